The fourth-order valence-electron chi connectivity index (χ4n) is 1.11. The summed E-state index contributed by atoms with van der Waals surface area (Å²) in [5.74, 6) is 9.58. The lowest BCUT2D eigenvalue weighted by molar-refractivity contribution is -0.127. The van der Waals surface area contributed by atoms with E-state index in [0.29, 0.717) is 10.0 Å². The Morgan fingerprint density at radius 1 is 0.737 bits per heavy atom. The predicted octanol–water partition coefficient (Wildman–Crippen LogP) is -2.20. The van der Waals surface area contributed by atoms with Gasteiger partial charge in [-0.1, -0.05) is 0 Å². The number of carbonyl (C=O) groups excluding carboxylic acids is 4. The van der Waals surface area contributed by atoms with Gasteiger partial charge in [0.25, 0.3) is 0 Å². The fraction of sp³-hybridized carbons (Fsp3) is 0.556. The van der Waals surface area contributed by atoms with Crippen LogP contribution in [-0.2, 0) is 9.59 Å². The monoisotopic (exact) mass is 274 g/mol. The van der Waals surface area contributed by atoms with Gasteiger partial charge in [0.15, 0.2) is 0 Å². The molecule has 0 aliphatic heterocycles. The van der Waals surface area contributed by atoms with Crippen molar-refractivity contribution in [1.29, 1.82) is 0 Å². The van der Waals surface area contributed by atoms with Crippen molar-refractivity contribution in [3.63, 3.8) is 0 Å². The fourth-order valence-corrected chi connectivity index (χ4v) is 1.11. The first-order valence-electron chi connectivity index (χ1n) is 5.40. The summed E-state index contributed by atoms with van der Waals surface area (Å²) in [7, 11) is 0. The number of rotatable bonds is 8. The molecule has 10 nitrogen and oxygen atoms in total. The molecule has 0 spiro atoms. The molecule has 0 rings (SSSR count). The summed E-state index contributed by atoms with van der Waals surface area (Å²) in [4.78, 5) is 43.8. The zero-order valence-electron chi connectivity index (χ0n) is 10.4. The highest BCUT2D eigenvalue weighted by Crippen LogP contribution is 1.97. The highest BCUT2D eigenvalue weighted by atomic mass is 16.2. The molecule has 0 unspecified atom stereocenters. The van der Waals surface area contributed by atoms with Gasteiger partial charge in [-0.25, -0.2) is 21.3 Å². The van der Waals surface area contributed by atoms with Gasteiger partial charge in [0, 0.05) is 25.9 Å². The van der Waals surface area contributed by atoms with Crippen molar-refractivity contribution in [2.75, 3.05) is 13.1 Å². The number of amides is 4. The molecule has 0 heterocycles. The topological polar surface area (TPSA) is 179 Å². The Bertz CT molecular complexity index is 338. The van der Waals surface area contributed by atoms with Gasteiger partial charge in [-0.2, -0.15) is 0 Å². The number of nitrogens with two attached hydrogens (primary N) is 4. The van der Waals surface area contributed by atoms with Crippen molar-refractivity contribution in [1.82, 2.24) is 10.0 Å². The van der Waals surface area contributed by atoms with Crippen LogP contribution >= 0.6 is 0 Å². The van der Waals surface area contributed by atoms with Crippen molar-refractivity contribution in [3.05, 3.63) is 0 Å². The van der Waals surface area contributed by atoms with Crippen LogP contribution in [0.2, 0.25) is 0 Å². The third-order valence-electron chi connectivity index (χ3n) is 2.22. The van der Waals surface area contributed by atoms with E-state index >= 15 is 0 Å². The van der Waals surface area contributed by atoms with E-state index in [-0.39, 0.29) is 43.9 Å². The Morgan fingerprint density at radius 2 is 1.05 bits per heavy atom. The number of hydrogen-bond acceptors (Lipinski definition) is 6. The molecule has 0 aromatic carbocycles. The summed E-state index contributed by atoms with van der Waals surface area (Å²) in [6.07, 6.45) is -0.472. The Labute approximate surface area is 109 Å². The normalized spacial score (nSPS) is 9.79. The summed E-state index contributed by atoms with van der Waals surface area (Å²) in [6, 6.07) is -1.72. The number of hydrazine groups is 2. The third kappa shape index (κ3) is 7.68. The summed E-state index contributed by atoms with van der Waals surface area (Å²) in [5.41, 5.74) is 9.71. The molecule has 0 fully saturated rings. The second-order valence-electron chi connectivity index (χ2n) is 3.82. The van der Waals surface area contributed by atoms with Crippen LogP contribution in [-0.4, -0.2) is 46.7 Å². The second-order valence-corrected chi connectivity index (χ2v) is 3.82. The molecule has 0 aromatic rings. The Morgan fingerprint density at radius 3 is 1.32 bits per heavy atom. The summed E-state index contributed by atoms with van der Waals surface area (Å²) in [6.45, 7) is -0.127. The molecule has 0 bridgehead atoms. The van der Waals surface area contributed by atoms with E-state index in [2.05, 4.69) is 0 Å². The first kappa shape index (κ1) is 16.8. The van der Waals surface area contributed by atoms with Crippen molar-refractivity contribution in [2.45, 2.75) is 19.3 Å². The van der Waals surface area contributed by atoms with Crippen LogP contribution < -0.4 is 23.2 Å². The lowest BCUT2D eigenvalue weighted by Gasteiger charge is -2.13. The lowest BCUT2D eigenvalue weighted by Crippen LogP contribution is -2.43. The minimum absolute atomic E-state index is 0.0637. The Balaban J connectivity index is 3.90. The maximum Gasteiger partial charge on any atom is 0.328 e. The zero-order valence-corrected chi connectivity index (χ0v) is 10.4. The minimum atomic E-state index is -0.862. The molecule has 0 saturated carbocycles. The van der Waals surface area contributed by atoms with Crippen LogP contribution in [0.3, 0.4) is 0 Å². The SMILES string of the molecule is NC(=O)N(N)CCC(=O)CC(=O)CCN(N)C(N)=O. The number of hydrogen-bond donors (Lipinski definition) is 4. The minimum Gasteiger partial charge on any atom is -0.350 e. The van der Waals surface area contributed by atoms with E-state index in [1.807, 2.05) is 0 Å². The average molecular weight is 274 g/mol. The number of primary amides is 2. The van der Waals surface area contributed by atoms with E-state index in [1.54, 1.807) is 0 Å². The summed E-state index contributed by atoms with van der Waals surface area (Å²) >= 11 is 0. The van der Waals surface area contributed by atoms with Gasteiger partial charge >= 0.3 is 12.1 Å². The molecular formula is C9H18N6O4. The van der Waals surface area contributed by atoms with Gasteiger partial charge in [0.2, 0.25) is 0 Å². The van der Waals surface area contributed by atoms with Crippen LogP contribution in [0.4, 0.5) is 9.59 Å². The van der Waals surface area contributed by atoms with E-state index < -0.39 is 12.1 Å². The molecular weight excluding hydrogens is 256 g/mol. The first-order valence-corrected chi connectivity index (χ1v) is 5.40. The molecule has 10 heteroatoms. The summed E-state index contributed by atoms with van der Waals surface area (Å²) < 4.78 is 0. The summed E-state index contributed by atoms with van der Waals surface area (Å²) in [5, 5.41) is 1.36. The zero-order chi connectivity index (χ0) is 15.0. The third-order valence-corrected chi connectivity index (χ3v) is 2.22. The second kappa shape index (κ2) is 8.00. The number of ketones is 2. The van der Waals surface area contributed by atoms with Gasteiger partial charge in [-0.3, -0.25) is 19.6 Å². The highest BCUT2D eigenvalue weighted by Gasteiger charge is 2.13. The Hall–Kier alpha value is -2.20. The van der Waals surface area contributed by atoms with Crippen molar-refractivity contribution >= 4 is 23.6 Å². The molecule has 0 aromatic heterocycles. The standard InChI is InChI=1S/C9H18N6O4/c10-8(18)14(12)3-1-6(16)5-7(17)2-4-15(13)9(11)19/h1-5,12-13H2,(H2,10,18)(H2,11,19). The smallest absolute Gasteiger partial charge is 0.328 e. The number of nitrogens with zero attached hydrogens (tertiary/aromatic N) is 2. The van der Waals surface area contributed by atoms with Crippen LogP contribution in [0.1, 0.15) is 19.3 Å². The maximum absolute atomic E-state index is 11.4. The molecule has 0 aliphatic rings. The van der Waals surface area contributed by atoms with Crippen molar-refractivity contribution < 1.29 is 19.2 Å². The molecule has 108 valence electrons. The van der Waals surface area contributed by atoms with Gasteiger partial charge in [-0.05, 0) is 0 Å². The maximum atomic E-state index is 11.4. The molecule has 0 aliphatic carbocycles. The van der Waals surface area contributed by atoms with Crippen molar-refractivity contribution in [3.8, 4) is 0 Å². The molecule has 0 atom stereocenters. The van der Waals surface area contributed by atoms with Gasteiger partial charge in [0.05, 0.1) is 6.42 Å². The van der Waals surface area contributed by atoms with E-state index in [1.165, 1.54) is 0 Å². The van der Waals surface area contributed by atoms with Crippen molar-refractivity contribution in [2.24, 2.45) is 23.2 Å². The molecule has 4 amide bonds. The van der Waals surface area contributed by atoms with Crippen LogP contribution in [0.15, 0.2) is 0 Å². The van der Waals surface area contributed by atoms with Crippen LogP contribution in [0.25, 0.3) is 0 Å². The molecule has 0 saturated heterocycles. The van der Waals surface area contributed by atoms with Gasteiger partial charge < -0.3 is 11.5 Å². The molecule has 19 heavy (non-hydrogen) atoms. The molecule has 8 N–H and O–H groups in total. The lowest BCUT2D eigenvalue weighted by atomic mass is 10.1. The quantitative estimate of drug-likeness (QED) is 0.169. The van der Waals surface area contributed by atoms with Crippen LogP contribution in [0, 0.1) is 0 Å². The number of carbonyl (C=O) groups is 4. The number of urea groups is 2. The highest BCUT2D eigenvalue weighted by molar-refractivity contribution is 5.99. The molecule has 0 radical (unpaired) electrons. The number of Topliss-reactive ketones (excluding diaryl/α,β-unsaturated/α-hetero) is 2. The largest absolute Gasteiger partial charge is 0.350 e. The van der Waals surface area contributed by atoms with Crippen LogP contribution in [0.5, 0.6) is 0 Å². The average Bonchev–Trinajstić information content (AvgIpc) is 2.32. The predicted molar refractivity (Wildman–Crippen MR) is 64.8 cm³/mol. The first-order chi connectivity index (χ1) is 8.73. The van der Waals surface area contributed by atoms with E-state index in [4.69, 9.17) is 23.2 Å². The van der Waals surface area contributed by atoms with Gasteiger partial charge in [-0.15, -0.1) is 0 Å². The van der Waals surface area contributed by atoms with E-state index in [9.17, 15) is 19.2 Å². The van der Waals surface area contributed by atoms with E-state index in [0.717, 1.165) is 0 Å². The van der Waals surface area contributed by atoms with Gasteiger partial charge in [0.1, 0.15) is 11.6 Å². The Kier molecular flexibility index (Phi) is 7.07.